The van der Waals surface area contributed by atoms with Gasteiger partial charge in [0.2, 0.25) is 0 Å². The van der Waals surface area contributed by atoms with Gasteiger partial charge < -0.3 is 19.5 Å². The van der Waals surface area contributed by atoms with Crippen molar-refractivity contribution in [2.75, 3.05) is 33.5 Å². The van der Waals surface area contributed by atoms with Crippen molar-refractivity contribution in [2.45, 2.75) is 20.4 Å². The summed E-state index contributed by atoms with van der Waals surface area (Å²) in [6.45, 7) is 8.27. The monoisotopic (exact) mass is 265 g/mol. The minimum Gasteiger partial charge on any atom is -0.493 e. The lowest BCUT2D eigenvalue weighted by molar-refractivity contribution is -0.0991. The van der Waals surface area contributed by atoms with E-state index in [0.29, 0.717) is 6.61 Å². The molecule has 0 saturated carbocycles. The van der Waals surface area contributed by atoms with Crippen molar-refractivity contribution in [1.29, 1.82) is 0 Å². The van der Waals surface area contributed by atoms with Crippen LogP contribution in [0.25, 0.3) is 0 Å². The lowest BCUT2D eigenvalue weighted by atomic mass is 9.89. The topological polar surface area (TPSA) is 39.7 Å². The quantitative estimate of drug-likeness (QED) is 0.820. The lowest BCUT2D eigenvalue weighted by Crippen LogP contribution is -2.47. The molecule has 0 aromatic heterocycles. The Labute approximate surface area is 115 Å². The standard InChI is InChI=1S/C15H23NO3/c1-4-19-13-7-5-6-12(14(13)17-3)8-16-9-15(2)10-18-11-15/h5-7,16H,4,8-11H2,1-3H3. The average molecular weight is 265 g/mol. The molecule has 0 atom stereocenters. The summed E-state index contributed by atoms with van der Waals surface area (Å²) < 4.78 is 16.3. The molecular weight excluding hydrogens is 242 g/mol. The molecule has 1 aliphatic heterocycles. The molecule has 1 aliphatic rings. The Hall–Kier alpha value is -1.26. The summed E-state index contributed by atoms with van der Waals surface area (Å²) in [5.41, 5.74) is 1.40. The summed E-state index contributed by atoms with van der Waals surface area (Å²) in [6.07, 6.45) is 0. The van der Waals surface area contributed by atoms with Crippen LogP contribution in [0, 0.1) is 5.41 Å². The predicted molar refractivity (Wildman–Crippen MR) is 74.8 cm³/mol. The molecule has 19 heavy (non-hydrogen) atoms. The molecule has 0 spiro atoms. The third-order valence-corrected chi connectivity index (χ3v) is 3.33. The van der Waals surface area contributed by atoms with Crippen LogP contribution in [0.15, 0.2) is 18.2 Å². The first kappa shape index (κ1) is 14.2. The van der Waals surface area contributed by atoms with Gasteiger partial charge >= 0.3 is 0 Å². The van der Waals surface area contributed by atoms with Crippen molar-refractivity contribution in [3.8, 4) is 11.5 Å². The number of methoxy groups -OCH3 is 1. The molecule has 4 heteroatoms. The van der Waals surface area contributed by atoms with Gasteiger partial charge in [-0.15, -0.1) is 0 Å². The number of nitrogens with one attached hydrogen (secondary N) is 1. The first-order chi connectivity index (χ1) is 9.18. The van der Waals surface area contributed by atoms with Crippen LogP contribution in [0.5, 0.6) is 11.5 Å². The zero-order chi connectivity index (χ0) is 13.7. The van der Waals surface area contributed by atoms with Gasteiger partial charge in [-0.2, -0.15) is 0 Å². The fourth-order valence-corrected chi connectivity index (χ4v) is 2.25. The van der Waals surface area contributed by atoms with Crippen LogP contribution >= 0.6 is 0 Å². The zero-order valence-corrected chi connectivity index (χ0v) is 12.0. The Morgan fingerprint density at radius 1 is 1.37 bits per heavy atom. The Bertz CT molecular complexity index is 416. The maximum Gasteiger partial charge on any atom is 0.165 e. The van der Waals surface area contributed by atoms with E-state index in [1.807, 2.05) is 19.1 Å². The second kappa shape index (κ2) is 6.26. The van der Waals surface area contributed by atoms with Crippen LogP contribution in [0.3, 0.4) is 0 Å². The van der Waals surface area contributed by atoms with Crippen molar-refractivity contribution < 1.29 is 14.2 Å². The number of hydrogen-bond donors (Lipinski definition) is 1. The molecule has 1 saturated heterocycles. The number of hydrogen-bond acceptors (Lipinski definition) is 4. The molecule has 1 N–H and O–H groups in total. The molecule has 1 fully saturated rings. The summed E-state index contributed by atoms with van der Waals surface area (Å²) in [6, 6.07) is 6.00. The average Bonchev–Trinajstić information content (AvgIpc) is 2.37. The van der Waals surface area contributed by atoms with E-state index in [-0.39, 0.29) is 5.41 Å². The first-order valence-corrected chi connectivity index (χ1v) is 6.75. The SMILES string of the molecule is CCOc1cccc(CNCC2(C)COC2)c1OC. The van der Waals surface area contributed by atoms with Gasteiger partial charge in [0.1, 0.15) is 0 Å². The highest BCUT2D eigenvalue weighted by Crippen LogP contribution is 2.31. The number of benzene rings is 1. The largest absolute Gasteiger partial charge is 0.493 e. The van der Waals surface area contributed by atoms with Crippen molar-refractivity contribution in [2.24, 2.45) is 5.41 Å². The van der Waals surface area contributed by atoms with E-state index in [2.05, 4.69) is 18.3 Å². The molecule has 1 heterocycles. The number of rotatable bonds is 7. The number of para-hydroxylation sites is 1. The summed E-state index contributed by atoms with van der Waals surface area (Å²) in [5.74, 6) is 1.63. The third kappa shape index (κ3) is 3.39. The molecule has 106 valence electrons. The molecular formula is C15H23NO3. The zero-order valence-electron chi connectivity index (χ0n) is 12.0. The van der Waals surface area contributed by atoms with Crippen molar-refractivity contribution in [3.05, 3.63) is 23.8 Å². The van der Waals surface area contributed by atoms with Gasteiger partial charge in [0.15, 0.2) is 11.5 Å². The molecule has 1 aromatic carbocycles. The predicted octanol–water partition coefficient (Wildman–Crippen LogP) is 2.22. The lowest BCUT2D eigenvalue weighted by Gasteiger charge is -2.38. The highest BCUT2D eigenvalue weighted by molar-refractivity contribution is 5.46. The normalized spacial score (nSPS) is 16.8. The third-order valence-electron chi connectivity index (χ3n) is 3.33. The van der Waals surface area contributed by atoms with Gasteiger partial charge in [0.25, 0.3) is 0 Å². The van der Waals surface area contributed by atoms with Crippen LogP contribution < -0.4 is 14.8 Å². The summed E-state index contributed by atoms with van der Waals surface area (Å²) in [7, 11) is 1.68. The van der Waals surface area contributed by atoms with Gasteiger partial charge in [0, 0.05) is 24.1 Å². The fourth-order valence-electron chi connectivity index (χ4n) is 2.25. The maximum atomic E-state index is 5.58. The minimum atomic E-state index is 0.283. The van der Waals surface area contributed by atoms with E-state index in [4.69, 9.17) is 14.2 Å². The van der Waals surface area contributed by atoms with E-state index >= 15 is 0 Å². The summed E-state index contributed by atoms with van der Waals surface area (Å²) >= 11 is 0. The Morgan fingerprint density at radius 2 is 2.16 bits per heavy atom. The van der Waals surface area contributed by atoms with Crippen LogP contribution in [-0.2, 0) is 11.3 Å². The smallest absolute Gasteiger partial charge is 0.165 e. The highest BCUT2D eigenvalue weighted by atomic mass is 16.5. The second-order valence-corrected chi connectivity index (χ2v) is 5.29. The number of ether oxygens (including phenoxy) is 3. The highest BCUT2D eigenvalue weighted by Gasteiger charge is 2.32. The molecule has 0 unspecified atom stereocenters. The van der Waals surface area contributed by atoms with E-state index in [1.54, 1.807) is 7.11 Å². The maximum absolute atomic E-state index is 5.58. The molecule has 0 aliphatic carbocycles. The summed E-state index contributed by atoms with van der Waals surface area (Å²) in [4.78, 5) is 0. The second-order valence-electron chi connectivity index (χ2n) is 5.29. The van der Waals surface area contributed by atoms with Crippen LogP contribution in [0.4, 0.5) is 0 Å². The Kier molecular flexibility index (Phi) is 4.66. The fraction of sp³-hybridized carbons (Fsp3) is 0.600. The van der Waals surface area contributed by atoms with Crippen molar-refractivity contribution in [3.63, 3.8) is 0 Å². The summed E-state index contributed by atoms with van der Waals surface area (Å²) in [5, 5.41) is 3.47. The van der Waals surface area contributed by atoms with Crippen LogP contribution in [0.1, 0.15) is 19.4 Å². The van der Waals surface area contributed by atoms with Gasteiger partial charge in [-0.05, 0) is 13.0 Å². The molecule has 0 bridgehead atoms. The molecule has 1 aromatic rings. The Morgan fingerprint density at radius 3 is 2.74 bits per heavy atom. The van der Waals surface area contributed by atoms with Gasteiger partial charge in [-0.25, -0.2) is 0 Å². The van der Waals surface area contributed by atoms with Crippen molar-refractivity contribution >= 4 is 0 Å². The molecule has 0 radical (unpaired) electrons. The minimum absolute atomic E-state index is 0.283. The van der Waals surface area contributed by atoms with E-state index < -0.39 is 0 Å². The molecule has 0 amide bonds. The van der Waals surface area contributed by atoms with E-state index in [0.717, 1.165) is 43.4 Å². The van der Waals surface area contributed by atoms with E-state index in [1.165, 1.54) is 0 Å². The molecule has 4 nitrogen and oxygen atoms in total. The molecule has 2 rings (SSSR count). The van der Waals surface area contributed by atoms with Gasteiger partial charge in [-0.1, -0.05) is 19.1 Å². The first-order valence-electron chi connectivity index (χ1n) is 6.75. The Balaban J connectivity index is 1.96. The van der Waals surface area contributed by atoms with Crippen LogP contribution in [0.2, 0.25) is 0 Å². The van der Waals surface area contributed by atoms with Crippen LogP contribution in [-0.4, -0.2) is 33.5 Å². The van der Waals surface area contributed by atoms with Crippen molar-refractivity contribution in [1.82, 2.24) is 5.32 Å². The van der Waals surface area contributed by atoms with E-state index in [9.17, 15) is 0 Å². The van der Waals surface area contributed by atoms with Gasteiger partial charge in [-0.3, -0.25) is 0 Å². The van der Waals surface area contributed by atoms with Gasteiger partial charge in [0.05, 0.1) is 26.9 Å².